The van der Waals surface area contributed by atoms with Crippen LogP contribution < -0.4 is 15.4 Å². The molecule has 0 aliphatic carbocycles. The standard InChI is InChI=1S/C22H24N2O5/c1-3-29-20(25)13-14-23-22(27)19(15-16-9-11-18(28-2)12-10-16)24-21(26)17-7-5-4-6-8-17/h4-12,15H,3,13-14H2,1-2H3,(H,23,27)(H,24,26)/b19-15+. The topological polar surface area (TPSA) is 93.7 Å². The Morgan fingerprint density at radius 1 is 1.00 bits per heavy atom. The van der Waals surface area contributed by atoms with Crippen LogP contribution in [0.1, 0.15) is 29.3 Å². The van der Waals surface area contributed by atoms with Crippen molar-refractivity contribution in [2.75, 3.05) is 20.3 Å². The summed E-state index contributed by atoms with van der Waals surface area (Å²) in [6.45, 7) is 2.09. The van der Waals surface area contributed by atoms with Gasteiger partial charge in [0.05, 0.1) is 20.1 Å². The van der Waals surface area contributed by atoms with Crippen LogP contribution in [0.5, 0.6) is 5.75 Å². The van der Waals surface area contributed by atoms with Gasteiger partial charge in [-0.15, -0.1) is 0 Å². The van der Waals surface area contributed by atoms with Crippen molar-refractivity contribution in [1.29, 1.82) is 0 Å². The van der Waals surface area contributed by atoms with E-state index in [0.29, 0.717) is 16.9 Å². The van der Waals surface area contributed by atoms with Gasteiger partial charge in [-0.2, -0.15) is 0 Å². The molecule has 7 heteroatoms. The molecule has 2 aromatic rings. The minimum absolute atomic E-state index is 0.0437. The Morgan fingerprint density at radius 3 is 2.31 bits per heavy atom. The molecule has 152 valence electrons. The van der Waals surface area contributed by atoms with E-state index in [-0.39, 0.29) is 25.3 Å². The summed E-state index contributed by atoms with van der Waals surface area (Å²) in [4.78, 5) is 36.5. The molecule has 0 unspecified atom stereocenters. The SMILES string of the molecule is CCOC(=O)CCNC(=O)/C(=C\c1ccc(OC)cc1)NC(=O)c1ccccc1. The van der Waals surface area contributed by atoms with Gasteiger partial charge < -0.3 is 20.1 Å². The lowest BCUT2D eigenvalue weighted by Gasteiger charge is -2.11. The lowest BCUT2D eigenvalue weighted by atomic mass is 10.1. The van der Waals surface area contributed by atoms with Crippen molar-refractivity contribution < 1.29 is 23.9 Å². The molecule has 2 rings (SSSR count). The van der Waals surface area contributed by atoms with Crippen LogP contribution in [0.3, 0.4) is 0 Å². The first-order valence-electron chi connectivity index (χ1n) is 9.19. The van der Waals surface area contributed by atoms with E-state index in [4.69, 9.17) is 9.47 Å². The van der Waals surface area contributed by atoms with Gasteiger partial charge in [0, 0.05) is 12.1 Å². The second-order valence-electron chi connectivity index (χ2n) is 5.96. The van der Waals surface area contributed by atoms with Gasteiger partial charge in [0.2, 0.25) is 0 Å². The fourth-order valence-electron chi connectivity index (χ4n) is 2.42. The van der Waals surface area contributed by atoms with E-state index in [2.05, 4.69) is 10.6 Å². The molecule has 29 heavy (non-hydrogen) atoms. The molecule has 0 aliphatic heterocycles. The maximum atomic E-state index is 12.6. The van der Waals surface area contributed by atoms with Gasteiger partial charge in [0.1, 0.15) is 11.4 Å². The summed E-state index contributed by atoms with van der Waals surface area (Å²) in [6.07, 6.45) is 1.60. The van der Waals surface area contributed by atoms with Gasteiger partial charge in [0.15, 0.2) is 0 Å². The third-order valence-corrected chi connectivity index (χ3v) is 3.88. The molecule has 0 saturated carbocycles. The number of methoxy groups -OCH3 is 1. The number of hydrogen-bond donors (Lipinski definition) is 2. The lowest BCUT2D eigenvalue weighted by molar-refractivity contribution is -0.143. The molecular formula is C22H24N2O5. The molecule has 2 aromatic carbocycles. The van der Waals surface area contributed by atoms with E-state index >= 15 is 0 Å². The van der Waals surface area contributed by atoms with Crippen molar-refractivity contribution in [3.8, 4) is 5.75 Å². The fourth-order valence-corrected chi connectivity index (χ4v) is 2.42. The second kappa shape index (κ2) is 11.3. The first-order valence-corrected chi connectivity index (χ1v) is 9.19. The summed E-state index contributed by atoms with van der Waals surface area (Å²) in [7, 11) is 1.56. The molecule has 7 nitrogen and oxygen atoms in total. The number of carbonyl (C=O) groups excluding carboxylic acids is 3. The van der Waals surface area contributed by atoms with Crippen molar-refractivity contribution in [2.24, 2.45) is 0 Å². The van der Waals surface area contributed by atoms with E-state index < -0.39 is 17.8 Å². The number of ether oxygens (including phenoxy) is 2. The number of rotatable bonds is 9. The average molecular weight is 396 g/mol. The molecular weight excluding hydrogens is 372 g/mol. The third-order valence-electron chi connectivity index (χ3n) is 3.88. The Kier molecular flexibility index (Phi) is 8.44. The van der Waals surface area contributed by atoms with E-state index in [1.165, 1.54) is 0 Å². The summed E-state index contributed by atoms with van der Waals surface area (Å²) < 4.78 is 9.96. The number of hydrogen-bond acceptors (Lipinski definition) is 5. The Balaban J connectivity index is 2.15. The molecule has 0 aliphatic rings. The van der Waals surface area contributed by atoms with Crippen molar-refractivity contribution in [3.63, 3.8) is 0 Å². The van der Waals surface area contributed by atoms with Gasteiger partial charge >= 0.3 is 5.97 Å². The lowest BCUT2D eigenvalue weighted by Crippen LogP contribution is -2.35. The predicted molar refractivity (Wildman–Crippen MR) is 109 cm³/mol. The molecule has 0 fully saturated rings. The monoisotopic (exact) mass is 396 g/mol. The van der Waals surface area contributed by atoms with Crippen molar-refractivity contribution >= 4 is 23.9 Å². The van der Waals surface area contributed by atoms with Crippen LogP contribution in [0.4, 0.5) is 0 Å². The second-order valence-corrected chi connectivity index (χ2v) is 5.96. The summed E-state index contributed by atoms with van der Waals surface area (Å²) in [6, 6.07) is 15.6. The van der Waals surface area contributed by atoms with E-state index in [1.54, 1.807) is 74.7 Å². The summed E-state index contributed by atoms with van der Waals surface area (Å²) in [5, 5.41) is 5.26. The van der Waals surface area contributed by atoms with Crippen LogP contribution in [0.2, 0.25) is 0 Å². The average Bonchev–Trinajstić information content (AvgIpc) is 2.74. The number of nitrogens with one attached hydrogen (secondary N) is 2. The van der Waals surface area contributed by atoms with Gasteiger partial charge in [0.25, 0.3) is 11.8 Å². The highest BCUT2D eigenvalue weighted by Crippen LogP contribution is 2.14. The van der Waals surface area contributed by atoms with Crippen molar-refractivity contribution in [2.45, 2.75) is 13.3 Å². The van der Waals surface area contributed by atoms with E-state index in [9.17, 15) is 14.4 Å². The number of benzene rings is 2. The van der Waals surface area contributed by atoms with Crippen molar-refractivity contribution in [3.05, 3.63) is 71.4 Å². The van der Waals surface area contributed by atoms with Crippen LogP contribution in [0, 0.1) is 0 Å². The van der Waals surface area contributed by atoms with Gasteiger partial charge in [-0.3, -0.25) is 14.4 Å². The van der Waals surface area contributed by atoms with Crippen LogP contribution in [0.25, 0.3) is 6.08 Å². The minimum atomic E-state index is -0.505. The number of carbonyl (C=O) groups is 3. The van der Waals surface area contributed by atoms with Gasteiger partial charge in [-0.05, 0) is 42.8 Å². The molecule has 0 heterocycles. The zero-order valence-electron chi connectivity index (χ0n) is 16.4. The first-order chi connectivity index (χ1) is 14.0. The molecule has 0 atom stereocenters. The Bertz CT molecular complexity index is 861. The fraction of sp³-hybridized carbons (Fsp3) is 0.227. The van der Waals surface area contributed by atoms with Crippen LogP contribution in [-0.2, 0) is 14.3 Å². The molecule has 2 amide bonds. The highest BCUT2D eigenvalue weighted by Gasteiger charge is 2.15. The highest BCUT2D eigenvalue weighted by atomic mass is 16.5. The van der Waals surface area contributed by atoms with Crippen molar-refractivity contribution in [1.82, 2.24) is 10.6 Å². The zero-order chi connectivity index (χ0) is 21.1. The van der Waals surface area contributed by atoms with Gasteiger partial charge in [-0.1, -0.05) is 30.3 Å². The van der Waals surface area contributed by atoms with E-state index in [1.807, 2.05) is 0 Å². The molecule has 0 aromatic heterocycles. The minimum Gasteiger partial charge on any atom is -0.497 e. The largest absolute Gasteiger partial charge is 0.497 e. The Labute approximate surface area is 169 Å². The van der Waals surface area contributed by atoms with Crippen LogP contribution >= 0.6 is 0 Å². The zero-order valence-corrected chi connectivity index (χ0v) is 16.4. The van der Waals surface area contributed by atoms with Gasteiger partial charge in [-0.25, -0.2) is 0 Å². The van der Waals surface area contributed by atoms with Crippen LogP contribution in [-0.4, -0.2) is 38.0 Å². The number of esters is 1. The maximum absolute atomic E-state index is 12.6. The molecule has 2 N–H and O–H groups in total. The molecule has 0 saturated heterocycles. The Morgan fingerprint density at radius 2 is 1.69 bits per heavy atom. The molecule has 0 spiro atoms. The summed E-state index contributed by atoms with van der Waals surface area (Å²) in [5.74, 6) is -0.641. The maximum Gasteiger partial charge on any atom is 0.307 e. The Hall–Kier alpha value is -3.61. The molecule has 0 bridgehead atoms. The smallest absolute Gasteiger partial charge is 0.307 e. The first kappa shape index (κ1) is 21.7. The predicted octanol–water partition coefficient (Wildman–Crippen LogP) is 2.54. The summed E-state index contributed by atoms with van der Waals surface area (Å²) in [5.41, 5.74) is 1.19. The third kappa shape index (κ3) is 7.14. The highest BCUT2D eigenvalue weighted by molar-refractivity contribution is 6.05. The molecule has 0 radical (unpaired) electrons. The normalized spacial score (nSPS) is 10.8. The van der Waals surface area contributed by atoms with E-state index in [0.717, 1.165) is 0 Å². The quantitative estimate of drug-likeness (QED) is 0.502. The summed E-state index contributed by atoms with van der Waals surface area (Å²) >= 11 is 0. The number of amides is 2. The van der Waals surface area contributed by atoms with Crippen LogP contribution in [0.15, 0.2) is 60.3 Å².